The maximum Gasteiger partial charge on any atom is 0.199 e. The molecule has 1 aromatic carbocycles. The molecule has 1 fully saturated rings. The quantitative estimate of drug-likeness (QED) is 0.784. The molecule has 1 N–H and O–H groups in total. The molecule has 3 heterocycles. The standard InChI is InChI=1S/C19H23N5/c1-2-6-15(7-3-1)8-4-12-24-13-5-9-16(14-24)17-18-19(23-22-17)21-11-10-20-18/h1-3,6-7,10-11,16H,4-5,8-9,12-14H2,(H,21,22,23). The molecule has 1 aliphatic heterocycles. The van der Waals surface area contributed by atoms with E-state index in [0.717, 1.165) is 36.4 Å². The van der Waals surface area contributed by atoms with Crippen molar-refractivity contribution in [2.75, 3.05) is 19.6 Å². The van der Waals surface area contributed by atoms with Gasteiger partial charge in [-0.3, -0.25) is 5.10 Å². The van der Waals surface area contributed by atoms with Crippen LogP contribution in [0.3, 0.4) is 0 Å². The van der Waals surface area contributed by atoms with Crippen LogP contribution in [-0.4, -0.2) is 44.7 Å². The smallest absolute Gasteiger partial charge is 0.199 e. The molecule has 5 nitrogen and oxygen atoms in total. The van der Waals surface area contributed by atoms with Gasteiger partial charge in [-0.05, 0) is 44.3 Å². The monoisotopic (exact) mass is 321 g/mol. The van der Waals surface area contributed by atoms with Gasteiger partial charge in [-0.1, -0.05) is 30.3 Å². The summed E-state index contributed by atoms with van der Waals surface area (Å²) in [5.74, 6) is 0.483. The topological polar surface area (TPSA) is 57.7 Å². The third kappa shape index (κ3) is 3.31. The van der Waals surface area contributed by atoms with Gasteiger partial charge in [-0.25, -0.2) is 9.97 Å². The Hall–Kier alpha value is -2.27. The number of likely N-dealkylation sites (tertiary alicyclic amines) is 1. The Kier molecular flexibility index (Phi) is 4.51. The zero-order valence-corrected chi connectivity index (χ0v) is 13.9. The van der Waals surface area contributed by atoms with Crippen LogP contribution in [0.4, 0.5) is 0 Å². The van der Waals surface area contributed by atoms with Gasteiger partial charge in [-0.2, -0.15) is 5.10 Å². The lowest BCUT2D eigenvalue weighted by molar-refractivity contribution is 0.204. The van der Waals surface area contributed by atoms with Crippen molar-refractivity contribution in [2.24, 2.45) is 0 Å². The lowest BCUT2D eigenvalue weighted by Gasteiger charge is -2.32. The van der Waals surface area contributed by atoms with Crippen LogP contribution in [-0.2, 0) is 6.42 Å². The Bertz CT molecular complexity index is 783. The number of fused-ring (bicyclic) bond motifs is 1. The predicted octanol–water partition coefficient (Wildman–Crippen LogP) is 3.17. The molecular formula is C19H23N5. The van der Waals surface area contributed by atoms with Gasteiger partial charge < -0.3 is 4.90 Å². The highest BCUT2D eigenvalue weighted by Crippen LogP contribution is 2.29. The van der Waals surface area contributed by atoms with Crippen molar-refractivity contribution >= 4 is 11.2 Å². The number of hydrogen-bond acceptors (Lipinski definition) is 4. The van der Waals surface area contributed by atoms with E-state index in [4.69, 9.17) is 0 Å². The number of hydrogen-bond donors (Lipinski definition) is 1. The third-order valence-electron chi connectivity index (χ3n) is 4.91. The van der Waals surface area contributed by atoms with E-state index in [9.17, 15) is 0 Å². The highest BCUT2D eigenvalue weighted by molar-refractivity contribution is 5.72. The van der Waals surface area contributed by atoms with Crippen molar-refractivity contribution in [1.82, 2.24) is 25.1 Å². The summed E-state index contributed by atoms with van der Waals surface area (Å²) in [5, 5.41) is 7.49. The van der Waals surface area contributed by atoms with E-state index in [0.29, 0.717) is 5.92 Å². The third-order valence-corrected chi connectivity index (χ3v) is 4.91. The van der Waals surface area contributed by atoms with Crippen LogP contribution in [0.2, 0.25) is 0 Å². The first-order valence-electron chi connectivity index (χ1n) is 8.81. The lowest BCUT2D eigenvalue weighted by atomic mass is 9.94. The van der Waals surface area contributed by atoms with Crippen molar-refractivity contribution in [2.45, 2.75) is 31.6 Å². The molecule has 2 aromatic heterocycles. The van der Waals surface area contributed by atoms with E-state index >= 15 is 0 Å². The molecule has 124 valence electrons. The SMILES string of the molecule is c1ccc(CCCN2CCCC(c3[nH]nc4nccnc34)C2)cc1. The van der Waals surface area contributed by atoms with Gasteiger partial charge in [0.2, 0.25) is 0 Å². The maximum absolute atomic E-state index is 4.47. The summed E-state index contributed by atoms with van der Waals surface area (Å²) in [5.41, 5.74) is 4.26. The average Bonchev–Trinajstić information content (AvgIpc) is 3.07. The zero-order valence-electron chi connectivity index (χ0n) is 13.9. The van der Waals surface area contributed by atoms with Crippen LogP contribution in [0.1, 0.15) is 36.4 Å². The van der Waals surface area contributed by atoms with Gasteiger partial charge in [0.25, 0.3) is 0 Å². The van der Waals surface area contributed by atoms with Crippen molar-refractivity contribution in [1.29, 1.82) is 0 Å². The number of nitrogens with one attached hydrogen (secondary N) is 1. The summed E-state index contributed by atoms with van der Waals surface area (Å²) in [6.45, 7) is 3.44. The maximum atomic E-state index is 4.47. The Labute approximate surface area is 142 Å². The Morgan fingerprint density at radius 1 is 1.12 bits per heavy atom. The lowest BCUT2D eigenvalue weighted by Crippen LogP contribution is -2.35. The molecule has 3 aromatic rings. The van der Waals surface area contributed by atoms with E-state index in [1.807, 2.05) is 0 Å². The Morgan fingerprint density at radius 3 is 2.92 bits per heavy atom. The average molecular weight is 321 g/mol. The van der Waals surface area contributed by atoms with Gasteiger partial charge in [-0.15, -0.1) is 0 Å². The summed E-state index contributed by atoms with van der Waals surface area (Å²) in [6, 6.07) is 10.8. The summed E-state index contributed by atoms with van der Waals surface area (Å²) in [6.07, 6.45) is 8.24. The van der Waals surface area contributed by atoms with Crippen LogP contribution < -0.4 is 0 Å². The summed E-state index contributed by atoms with van der Waals surface area (Å²) in [4.78, 5) is 11.3. The highest BCUT2D eigenvalue weighted by atomic mass is 15.2. The fourth-order valence-electron chi connectivity index (χ4n) is 3.70. The number of nitrogens with zero attached hydrogens (tertiary/aromatic N) is 4. The molecule has 1 atom stereocenters. The predicted molar refractivity (Wildman–Crippen MR) is 94.9 cm³/mol. The van der Waals surface area contributed by atoms with E-state index in [1.165, 1.54) is 31.4 Å². The van der Waals surface area contributed by atoms with Crippen molar-refractivity contribution < 1.29 is 0 Å². The molecular weight excluding hydrogens is 298 g/mol. The molecule has 0 aliphatic carbocycles. The zero-order chi connectivity index (χ0) is 16.2. The van der Waals surface area contributed by atoms with Crippen LogP contribution >= 0.6 is 0 Å². The first-order chi connectivity index (χ1) is 11.9. The molecule has 24 heavy (non-hydrogen) atoms. The number of aryl methyl sites for hydroxylation is 1. The summed E-state index contributed by atoms with van der Waals surface area (Å²) < 4.78 is 0. The molecule has 5 heteroatoms. The second kappa shape index (κ2) is 7.09. The second-order valence-corrected chi connectivity index (χ2v) is 6.59. The number of piperidine rings is 1. The Balaban J connectivity index is 1.37. The van der Waals surface area contributed by atoms with E-state index < -0.39 is 0 Å². The summed E-state index contributed by atoms with van der Waals surface area (Å²) >= 11 is 0. The first kappa shape index (κ1) is 15.3. The molecule has 0 amide bonds. The molecule has 0 radical (unpaired) electrons. The molecule has 0 saturated carbocycles. The number of rotatable bonds is 5. The van der Waals surface area contributed by atoms with E-state index in [-0.39, 0.29) is 0 Å². The minimum atomic E-state index is 0.483. The van der Waals surface area contributed by atoms with Crippen molar-refractivity contribution in [3.8, 4) is 0 Å². The minimum absolute atomic E-state index is 0.483. The van der Waals surface area contributed by atoms with Gasteiger partial charge in [0.15, 0.2) is 5.65 Å². The van der Waals surface area contributed by atoms with Crippen LogP contribution in [0.5, 0.6) is 0 Å². The van der Waals surface area contributed by atoms with Gasteiger partial charge in [0.1, 0.15) is 5.52 Å². The number of benzene rings is 1. The van der Waals surface area contributed by atoms with Crippen molar-refractivity contribution in [3.63, 3.8) is 0 Å². The number of aromatic nitrogens is 4. The largest absolute Gasteiger partial charge is 0.303 e. The molecule has 1 aliphatic rings. The minimum Gasteiger partial charge on any atom is -0.303 e. The fourth-order valence-corrected chi connectivity index (χ4v) is 3.70. The van der Waals surface area contributed by atoms with Gasteiger partial charge in [0.05, 0.1) is 5.69 Å². The van der Waals surface area contributed by atoms with Crippen LogP contribution in [0, 0.1) is 0 Å². The normalized spacial score (nSPS) is 18.9. The Morgan fingerprint density at radius 2 is 2.00 bits per heavy atom. The second-order valence-electron chi connectivity index (χ2n) is 6.59. The molecule has 1 unspecified atom stereocenters. The fraction of sp³-hybridized carbons (Fsp3) is 0.421. The molecule has 0 spiro atoms. The molecule has 4 rings (SSSR count). The number of H-pyrrole nitrogens is 1. The van der Waals surface area contributed by atoms with Crippen LogP contribution in [0.15, 0.2) is 42.7 Å². The highest BCUT2D eigenvalue weighted by Gasteiger charge is 2.24. The molecule has 1 saturated heterocycles. The summed E-state index contributed by atoms with van der Waals surface area (Å²) in [7, 11) is 0. The molecule has 0 bridgehead atoms. The van der Waals surface area contributed by atoms with Crippen molar-refractivity contribution in [3.05, 3.63) is 54.0 Å². The van der Waals surface area contributed by atoms with Gasteiger partial charge in [0, 0.05) is 24.9 Å². The van der Waals surface area contributed by atoms with E-state index in [1.54, 1.807) is 12.4 Å². The first-order valence-corrected chi connectivity index (χ1v) is 8.81. The number of aromatic amines is 1. The van der Waals surface area contributed by atoms with Gasteiger partial charge >= 0.3 is 0 Å². The van der Waals surface area contributed by atoms with Crippen LogP contribution in [0.25, 0.3) is 11.2 Å². The van der Waals surface area contributed by atoms with E-state index in [2.05, 4.69) is 55.4 Å².